The van der Waals surface area contributed by atoms with Gasteiger partial charge in [-0.05, 0) is 41.8 Å². The van der Waals surface area contributed by atoms with E-state index in [1.807, 2.05) is 36.4 Å². The van der Waals surface area contributed by atoms with E-state index in [1.165, 1.54) is 11.1 Å². The molecule has 0 saturated carbocycles. The highest BCUT2D eigenvalue weighted by Crippen LogP contribution is 2.27. The second-order valence-corrected chi connectivity index (χ2v) is 7.17. The standard InChI is InChI=1S/C23H22BrNO2/c24-20-11-13-21(14-12-20)27-17-23(26)25-16-15-22(18-7-3-1-4-8-18)19-9-5-2-6-10-19/h1-14,22H,15-17H2,(H,25,26). The first-order valence-corrected chi connectivity index (χ1v) is 9.76. The van der Waals surface area contributed by atoms with Gasteiger partial charge in [0.25, 0.3) is 5.91 Å². The average molecular weight is 424 g/mol. The van der Waals surface area contributed by atoms with Crippen molar-refractivity contribution in [1.82, 2.24) is 5.32 Å². The Morgan fingerprint density at radius 2 is 1.41 bits per heavy atom. The molecule has 3 nitrogen and oxygen atoms in total. The van der Waals surface area contributed by atoms with Gasteiger partial charge in [0.1, 0.15) is 5.75 Å². The maximum Gasteiger partial charge on any atom is 0.257 e. The molecule has 0 fully saturated rings. The van der Waals surface area contributed by atoms with E-state index in [-0.39, 0.29) is 18.4 Å². The van der Waals surface area contributed by atoms with Crippen LogP contribution in [-0.2, 0) is 4.79 Å². The quantitative estimate of drug-likeness (QED) is 0.542. The maximum absolute atomic E-state index is 12.1. The molecule has 3 aromatic carbocycles. The zero-order valence-electron chi connectivity index (χ0n) is 15.0. The van der Waals surface area contributed by atoms with Gasteiger partial charge < -0.3 is 10.1 Å². The Labute approximate surface area is 168 Å². The molecule has 0 heterocycles. The number of benzene rings is 3. The van der Waals surface area contributed by atoms with Crippen LogP contribution >= 0.6 is 15.9 Å². The van der Waals surface area contributed by atoms with E-state index in [9.17, 15) is 4.79 Å². The second kappa shape index (κ2) is 9.93. The zero-order valence-corrected chi connectivity index (χ0v) is 16.6. The molecule has 0 saturated heterocycles. The summed E-state index contributed by atoms with van der Waals surface area (Å²) in [5.41, 5.74) is 2.51. The molecule has 0 aliphatic rings. The third-order valence-electron chi connectivity index (χ3n) is 4.34. The number of halogens is 1. The average Bonchev–Trinajstić information content (AvgIpc) is 2.72. The van der Waals surface area contributed by atoms with Gasteiger partial charge in [0, 0.05) is 16.9 Å². The monoisotopic (exact) mass is 423 g/mol. The predicted octanol–water partition coefficient (Wildman–Crippen LogP) is 5.17. The Kier molecular flexibility index (Phi) is 7.05. The fraction of sp³-hybridized carbons (Fsp3) is 0.174. The van der Waals surface area contributed by atoms with E-state index in [2.05, 4.69) is 69.8 Å². The highest BCUT2D eigenvalue weighted by Gasteiger charge is 2.14. The lowest BCUT2D eigenvalue weighted by Gasteiger charge is -2.18. The van der Waals surface area contributed by atoms with Crippen molar-refractivity contribution in [1.29, 1.82) is 0 Å². The lowest BCUT2D eigenvalue weighted by atomic mass is 9.88. The van der Waals surface area contributed by atoms with Crippen molar-refractivity contribution >= 4 is 21.8 Å². The SMILES string of the molecule is O=C(COc1ccc(Br)cc1)NCCC(c1ccccc1)c1ccccc1. The summed E-state index contributed by atoms with van der Waals surface area (Å²) in [5, 5.41) is 2.96. The largest absolute Gasteiger partial charge is 0.484 e. The predicted molar refractivity (Wildman–Crippen MR) is 112 cm³/mol. The molecule has 0 radical (unpaired) electrons. The minimum atomic E-state index is -0.113. The van der Waals surface area contributed by atoms with Crippen LogP contribution in [0.3, 0.4) is 0 Å². The molecule has 138 valence electrons. The number of carbonyl (C=O) groups excluding carboxylic acids is 1. The molecule has 0 bridgehead atoms. The second-order valence-electron chi connectivity index (χ2n) is 6.26. The summed E-state index contributed by atoms with van der Waals surface area (Å²) >= 11 is 3.38. The van der Waals surface area contributed by atoms with Crippen molar-refractivity contribution in [2.24, 2.45) is 0 Å². The third kappa shape index (κ3) is 5.97. The van der Waals surface area contributed by atoms with Crippen molar-refractivity contribution in [3.63, 3.8) is 0 Å². The summed E-state index contributed by atoms with van der Waals surface area (Å²) in [7, 11) is 0. The van der Waals surface area contributed by atoms with Crippen molar-refractivity contribution in [2.45, 2.75) is 12.3 Å². The molecule has 3 aromatic rings. The van der Waals surface area contributed by atoms with Crippen LogP contribution in [-0.4, -0.2) is 19.1 Å². The van der Waals surface area contributed by atoms with E-state index in [0.29, 0.717) is 12.3 Å². The number of ether oxygens (including phenoxy) is 1. The lowest BCUT2D eigenvalue weighted by Crippen LogP contribution is -2.30. The molecule has 1 amide bonds. The molecule has 0 aliphatic heterocycles. The first-order valence-electron chi connectivity index (χ1n) is 8.97. The Hall–Kier alpha value is -2.59. The van der Waals surface area contributed by atoms with E-state index in [4.69, 9.17) is 4.74 Å². The number of amides is 1. The third-order valence-corrected chi connectivity index (χ3v) is 4.87. The van der Waals surface area contributed by atoms with Gasteiger partial charge in [-0.25, -0.2) is 0 Å². The topological polar surface area (TPSA) is 38.3 Å². The van der Waals surface area contributed by atoms with Crippen LogP contribution < -0.4 is 10.1 Å². The molecule has 0 atom stereocenters. The molecule has 0 unspecified atom stereocenters. The van der Waals surface area contributed by atoms with Crippen LogP contribution in [0, 0.1) is 0 Å². The maximum atomic E-state index is 12.1. The smallest absolute Gasteiger partial charge is 0.257 e. The molecule has 0 aliphatic carbocycles. The van der Waals surface area contributed by atoms with Gasteiger partial charge in [-0.3, -0.25) is 4.79 Å². The fourth-order valence-corrected chi connectivity index (χ4v) is 3.25. The molecule has 1 N–H and O–H groups in total. The highest BCUT2D eigenvalue weighted by molar-refractivity contribution is 9.10. The summed E-state index contributed by atoms with van der Waals surface area (Å²) in [6, 6.07) is 28.2. The summed E-state index contributed by atoms with van der Waals surface area (Å²) < 4.78 is 6.50. The molecule has 3 rings (SSSR count). The highest BCUT2D eigenvalue weighted by atomic mass is 79.9. The summed E-state index contributed by atoms with van der Waals surface area (Å²) in [6.45, 7) is 0.611. The van der Waals surface area contributed by atoms with Gasteiger partial charge in [0.15, 0.2) is 6.61 Å². The van der Waals surface area contributed by atoms with Crippen molar-refractivity contribution in [2.75, 3.05) is 13.2 Å². The zero-order chi connectivity index (χ0) is 18.9. The Morgan fingerprint density at radius 1 is 0.852 bits per heavy atom. The van der Waals surface area contributed by atoms with E-state index >= 15 is 0 Å². The van der Waals surface area contributed by atoms with Crippen LogP contribution in [0.4, 0.5) is 0 Å². The summed E-state index contributed by atoms with van der Waals surface area (Å²) in [5.74, 6) is 0.817. The van der Waals surface area contributed by atoms with Crippen LogP contribution in [0.25, 0.3) is 0 Å². The summed E-state index contributed by atoms with van der Waals surface area (Å²) in [6.07, 6.45) is 0.831. The van der Waals surface area contributed by atoms with E-state index in [1.54, 1.807) is 0 Å². The number of hydrogen-bond acceptors (Lipinski definition) is 2. The van der Waals surface area contributed by atoms with Gasteiger partial charge in [0.05, 0.1) is 0 Å². The number of nitrogens with one attached hydrogen (secondary N) is 1. The Balaban J connectivity index is 1.53. The molecular formula is C23H22BrNO2. The number of hydrogen-bond donors (Lipinski definition) is 1. The van der Waals surface area contributed by atoms with Crippen LogP contribution in [0.15, 0.2) is 89.4 Å². The van der Waals surface area contributed by atoms with Crippen molar-refractivity contribution < 1.29 is 9.53 Å². The van der Waals surface area contributed by atoms with Crippen molar-refractivity contribution in [3.05, 3.63) is 101 Å². The van der Waals surface area contributed by atoms with Crippen LogP contribution in [0.1, 0.15) is 23.5 Å². The van der Waals surface area contributed by atoms with E-state index in [0.717, 1.165) is 10.9 Å². The number of rotatable bonds is 8. The van der Waals surface area contributed by atoms with Crippen LogP contribution in [0.2, 0.25) is 0 Å². The van der Waals surface area contributed by atoms with Gasteiger partial charge in [-0.2, -0.15) is 0 Å². The normalized spacial score (nSPS) is 10.6. The molecule has 4 heteroatoms. The summed E-state index contributed by atoms with van der Waals surface area (Å²) in [4.78, 5) is 12.1. The van der Waals surface area contributed by atoms with Crippen LogP contribution in [0.5, 0.6) is 5.75 Å². The lowest BCUT2D eigenvalue weighted by molar-refractivity contribution is -0.123. The van der Waals surface area contributed by atoms with E-state index < -0.39 is 0 Å². The minimum absolute atomic E-state index is 0.0168. The number of carbonyl (C=O) groups is 1. The fourth-order valence-electron chi connectivity index (χ4n) is 2.98. The molecular weight excluding hydrogens is 402 g/mol. The molecule has 0 aromatic heterocycles. The van der Waals surface area contributed by atoms with Gasteiger partial charge >= 0.3 is 0 Å². The first-order chi connectivity index (χ1) is 13.2. The van der Waals surface area contributed by atoms with Gasteiger partial charge in [-0.1, -0.05) is 76.6 Å². The first kappa shape index (κ1) is 19.2. The molecule has 27 heavy (non-hydrogen) atoms. The molecule has 0 spiro atoms. The Bertz CT molecular complexity index is 796. The van der Waals surface area contributed by atoms with Gasteiger partial charge in [0.2, 0.25) is 0 Å². The Morgan fingerprint density at radius 3 is 1.96 bits per heavy atom. The van der Waals surface area contributed by atoms with Gasteiger partial charge in [-0.15, -0.1) is 0 Å². The van der Waals surface area contributed by atoms with Crippen molar-refractivity contribution in [3.8, 4) is 5.75 Å². The minimum Gasteiger partial charge on any atom is -0.484 e.